The van der Waals surface area contributed by atoms with Gasteiger partial charge in [0.1, 0.15) is 5.82 Å². The van der Waals surface area contributed by atoms with E-state index in [2.05, 4.69) is 5.32 Å². The SMILES string of the molecule is O=C1C2CCC(N2)C(=O)N1Cc1cc(F)cc(F)c1F. The summed E-state index contributed by atoms with van der Waals surface area (Å²) in [5.41, 5.74) is -0.342. The summed E-state index contributed by atoms with van der Waals surface area (Å²) in [5.74, 6) is -4.48. The molecule has 2 heterocycles. The number of fused-ring (bicyclic) bond motifs is 2. The normalized spacial score (nSPS) is 25.4. The molecule has 0 radical (unpaired) electrons. The first kappa shape index (κ1) is 13.1. The zero-order valence-corrected chi connectivity index (χ0v) is 10.3. The highest BCUT2D eigenvalue weighted by molar-refractivity contribution is 6.03. The van der Waals surface area contributed by atoms with Crippen LogP contribution in [0.3, 0.4) is 0 Å². The zero-order chi connectivity index (χ0) is 14.4. The van der Waals surface area contributed by atoms with E-state index in [1.807, 2.05) is 0 Å². The van der Waals surface area contributed by atoms with Crippen LogP contribution in [0.25, 0.3) is 0 Å². The Balaban J connectivity index is 1.91. The van der Waals surface area contributed by atoms with E-state index in [0.29, 0.717) is 18.9 Å². The number of nitrogens with one attached hydrogen (secondary N) is 1. The Morgan fingerprint density at radius 2 is 1.70 bits per heavy atom. The van der Waals surface area contributed by atoms with Crippen molar-refractivity contribution in [1.82, 2.24) is 10.2 Å². The van der Waals surface area contributed by atoms with E-state index >= 15 is 0 Å². The first-order valence-electron chi connectivity index (χ1n) is 6.22. The third-order valence-electron chi connectivity index (χ3n) is 3.67. The summed E-state index contributed by atoms with van der Waals surface area (Å²) >= 11 is 0. The zero-order valence-electron chi connectivity index (χ0n) is 10.3. The molecule has 1 aromatic carbocycles. The molecule has 2 aliphatic heterocycles. The third-order valence-corrected chi connectivity index (χ3v) is 3.67. The highest BCUT2D eigenvalue weighted by atomic mass is 19.2. The van der Waals surface area contributed by atoms with Gasteiger partial charge in [-0.3, -0.25) is 19.8 Å². The first-order chi connectivity index (χ1) is 9.47. The number of benzene rings is 1. The fourth-order valence-electron chi connectivity index (χ4n) is 2.67. The molecule has 2 atom stereocenters. The predicted molar refractivity (Wildman–Crippen MR) is 61.8 cm³/mol. The minimum atomic E-state index is -1.34. The molecular formula is C13H11F3N2O2. The summed E-state index contributed by atoms with van der Waals surface area (Å²) in [7, 11) is 0. The summed E-state index contributed by atoms with van der Waals surface area (Å²) in [6.45, 7) is -0.452. The largest absolute Gasteiger partial charge is 0.295 e. The van der Waals surface area contributed by atoms with Gasteiger partial charge in [0, 0.05) is 11.6 Å². The van der Waals surface area contributed by atoms with Crippen molar-refractivity contribution in [2.75, 3.05) is 0 Å². The second kappa shape index (κ2) is 4.59. The molecule has 0 aromatic heterocycles. The van der Waals surface area contributed by atoms with E-state index < -0.39 is 47.9 Å². The van der Waals surface area contributed by atoms with Crippen molar-refractivity contribution < 1.29 is 22.8 Å². The Labute approximate surface area is 112 Å². The van der Waals surface area contributed by atoms with Gasteiger partial charge >= 0.3 is 0 Å². The van der Waals surface area contributed by atoms with Gasteiger partial charge < -0.3 is 0 Å². The van der Waals surface area contributed by atoms with Crippen LogP contribution in [0.2, 0.25) is 0 Å². The lowest BCUT2D eigenvalue weighted by Crippen LogP contribution is -2.58. The molecular weight excluding hydrogens is 273 g/mol. The van der Waals surface area contributed by atoms with Crippen molar-refractivity contribution in [2.45, 2.75) is 31.5 Å². The molecule has 4 nitrogen and oxygen atoms in total. The maximum atomic E-state index is 13.6. The van der Waals surface area contributed by atoms with E-state index in [9.17, 15) is 22.8 Å². The Hall–Kier alpha value is -1.89. The number of carbonyl (C=O) groups is 2. The Bertz CT molecular complexity index is 584. The number of hydrogen-bond acceptors (Lipinski definition) is 3. The lowest BCUT2D eigenvalue weighted by molar-refractivity contribution is -0.150. The fraction of sp³-hybridized carbons (Fsp3) is 0.385. The number of rotatable bonds is 2. The quantitative estimate of drug-likeness (QED) is 0.653. The number of imide groups is 1. The van der Waals surface area contributed by atoms with Crippen LogP contribution in [-0.4, -0.2) is 28.8 Å². The minimum Gasteiger partial charge on any atom is -0.295 e. The van der Waals surface area contributed by atoms with Gasteiger partial charge in [-0.2, -0.15) is 0 Å². The molecule has 3 rings (SSSR count). The second-order valence-electron chi connectivity index (χ2n) is 4.97. The van der Waals surface area contributed by atoms with Gasteiger partial charge in [0.25, 0.3) is 0 Å². The summed E-state index contributed by atoms with van der Waals surface area (Å²) in [6, 6.07) is 0.269. The molecule has 2 fully saturated rings. The van der Waals surface area contributed by atoms with Crippen LogP contribution in [-0.2, 0) is 16.1 Å². The highest BCUT2D eigenvalue weighted by Crippen LogP contribution is 2.25. The van der Waals surface area contributed by atoms with E-state index in [1.165, 1.54) is 0 Å². The van der Waals surface area contributed by atoms with Crippen molar-refractivity contribution in [3.63, 3.8) is 0 Å². The Morgan fingerprint density at radius 1 is 1.10 bits per heavy atom. The molecule has 2 aliphatic rings. The molecule has 0 saturated carbocycles. The number of halogens is 3. The molecule has 106 valence electrons. The van der Waals surface area contributed by atoms with Crippen molar-refractivity contribution >= 4 is 11.8 Å². The number of nitrogens with zero attached hydrogens (tertiary/aromatic N) is 1. The molecule has 2 saturated heterocycles. The van der Waals surface area contributed by atoms with Crippen LogP contribution in [0.5, 0.6) is 0 Å². The number of carbonyl (C=O) groups excluding carboxylic acids is 2. The highest BCUT2D eigenvalue weighted by Gasteiger charge is 2.45. The van der Waals surface area contributed by atoms with Gasteiger partial charge in [0.15, 0.2) is 11.6 Å². The molecule has 1 N–H and O–H groups in total. The van der Waals surface area contributed by atoms with E-state index in [0.717, 1.165) is 11.0 Å². The summed E-state index contributed by atoms with van der Waals surface area (Å²) in [6.07, 6.45) is 1.07. The molecule has 0 aliphatic carbocycles. The minimum absolute atomic E-state index is 0.342. The number of likely N-dealkylation sites (tertiary alicyclic amines) is 1. The van der Waals surface area contributed by atoms with Crippen LogP contribution in [0, 0.1) is 17.5 Å². The monoisotopic (exact) mass is 284 g/mol. The molecule has 20 heavy (non-hydrogen) atoms. The van der Waals surface area contributed by atoms with Gasteiger partial charge in [-0.05, 0) is 18.9 Å². The number of hydrogen-bond donors (Lipinski definition) is 1. The average Bonchev–Trinajstić information content (AvgIpc) is 2.85. The summed E-state index contributed by atoms with van der Waals surface area (Å²) in [5, 5.41) is 2.86. The maximum absolute atomic E-state index is 13.6. The van der Waals surface area contributed by atoms with Gasteiger partial charge in [-0.25, -0.2) is 13.2 Å². The lowest BCUT2D eigenvalue weighted by atomic mass is 10.1. The van der Waals surface area contributed by atoms with Crippen LogP contribution in [0.15, 0.2) is 12.1 Å². The standard InChI is InChI=1S/C13H11F3N2O2/c14-7-3-6(11(16)8(15)4-7)5-18-12(19)9-1-2-10(17-9)13(18)20/h3-4,9-10,17H,1-2,5H2. The Kier molecular flexibility index (Phi) is 3.01. The van der Waals surface area contributed by atoms with Crippen LogP contribution in [0.1, 0.15) is 18.4 Å². The van der Waals surface area contributed by atoms with Gasteiger partial charge in [0.2, 0.25) is 11.8 Å². The Morgan fingerprint density at radius 3 is 2.30 bits per heavy atom. The molecule has 2 bridgehead atoms. The third kappa shape index (κ3) is 1.98. The van der Waals surface area contributed by atoms with Crippen molar-refractivity contribution in [1.29, 1.82) is 0 Å². The van der Waals surface area contributed by atoms with Crippen LogP contribution >= 0.6 is 0 Å². The van der Waals surface area contributed by atoms with E-state index in [-0.39, 0.29) is 5.56 Å². The van der Waals surface area contributed by atoms with Gasteiger partial charge in [0.05, 0.1) is 18.6 Å². The maximum Gasteiger partial charge on any atom is 0.246 e. The van der Waals surface area contributed by atoms with Crippen molar-refractivity contribution in [3.05, 3.63) is 35.1 Å². The molecule has 2 amide bonds. The van der Waals surface area contributed by atoms with Crippen molar-refractivity contribution in [2.24, 2.45) is 0 Å². The summed E-state index contributed by atoms with van der Waals surface area (Å²) in [4.78, 5) is 24.9. The van der Waals surface area contributed by atoms with Gasteiger partial charge in [-0.15, -0.1) is 0 Å². The lowest BCUT2D eigenvalue weighted by Gasteiger charge is -2.30. The van der Waals surface area contributed by atoms with Crippen LogP contribution < -0.4 is 5.32 Å². The molecule has 1 aromatic rings. The van der Waals surface area contributed by atoms with E-state index in [4.69, 9.17) is 0 Å². The number of piperazine rings is 1. The molecule has 7 heteroatoms. The smallest absolute Gasteiger partial charge is 0.246 e. The molecule has 2 unspecified atom stereocenters. The van der Waals surface area contributed by atoms with E-state index in [1.54, 1.807) is 0 Å². The number of amides is 2. The molecule has 0 spiro atoms. The predicted octanol–water partition coefficient (Wildman–Crippen LogP) is 1.09. The summed E-state index contributed by atoms with van der Waals surface area (Å²) < 4.78 is 39.8. The fourth-order valence-corrected chi connectivity index (χ4v) is 2.67. The first-order valence-corrected chi connectivity index (χ1v) is 6.22. The second-order valence-corrected chi connectivity index (χ2v) is 4.97. The topological polar surface area (TPSA) is 49.4 Å². The van der Waals surface area contributed by atoms with Gasteiger partial charge in [-0.1, -0.05) is 0 Å². The van der Waals surface area contributed by atoms with Crippen molar-refractivity contribution in [3.8, 4) is 0 Å². The van der Waals surface area contributed by atoms with Crippen LogP contribution in [0.4, 0.5) is 13.2 Å². The average molecular weight is 284 g/mol.